The van der Waals surface area contributed by atoms with Crippen LogP contribution in [0.15, 0.2) is 130 Å². The van der Waals surface area contributed by atoms with Crippen molar-refractivity contribution in [2.45, 2.75) is 65.2 Å². The second-order valence-electron chi connectivity index (χ2n) is 13.7. The van der Waals surface area contributed by atoms with Crippen molar-refractivity contribution in [3.8, 4) is 22.5 Å². The van der Waals surface area contributed by atoms with Crippen molar-refractivity contribution in [2.75, 3.05) is 0 Å². The fourth-order valence-electron chi connectivity index (χ4n) is 7.71. The Labute approximate surface area is 312 Å². The normalized spacial score (nSPS) is 11.8. The van der Waals surface area contributed by atoms with E-state index >= 15 is 0 Å². The zero-order chi connectivity index (χ0) is 34.2. The highest BCUT2D eigenvalue weighted by atomic mass is 79.9. The van der Waals surface area contributed by atoms with Gasteiger partial charge in [0.15, 0.2) is 0 Å². The topological polar surface area (TPSA) is 9.86 Å². The lowest BCUT2D eigenvalue weighted by atomic mass is 10.0. The molecule has 4 heteroatoms. The van der Waals surface area contributed by atoms with E-state index in [-0.39, 0.29) is 0 Å². The van der Waals surface area contributed by atoms with Crippen LogP contribution in [0.25, 0.3) is 66.1 Å². The van der Waals surface area contributed by atoms with E-state index in [0.29, 0.717) is 0 Å². The summed E-state index contributed by atoms with van der Waals surface area (Å²) in [5.74, 6) is 0. The minimum atomic E-state index is 1.09. The molecule has 0 saturated carbocycles. The van der Waals surface area contributed by atoms with Crippen molar-refractivity contribution in [1.29, 1.82) is 0 Å². The second-order valence-corrected chi connectivity index (χ2v) is 15.5. The van der Waals surface area contributed by atoms with Gasteiger partial charge in [-0.05, 0) is 121 Å². The Morgan fingerprint density at radius 3 is 1.22 bits per heavy atom. The van der Waals surface area contributed by atoms with Gasteiger partial charge in [-0.2, -0.15) is 0 Å². The Morgan fingerprint density at radius 2 is 0.820 bits per heavy atom. The average molecular weight is 783 g/mol. The molecule has 0 spiro atoms. The van der Waals surface area contributed by atoms with Gasteiger partial charge in [-0.3, -0.25) is 0 Å². The Balaban J connectivity index is 1.13. The molecule has 0 radical (unpaired) electrons. The van der Waals surface area contributed by atoms with Gasteiger partial charge in [0.05, 0.1) is 22.1 Å². The van der Waals surface area contributed by atoms with Crippen LogP contribution >= 0.6 is 31.9 Å². The highest BCUT2D eigenvalue weighted by Crippen LogP contribution is 2.37. The van der Waals surface area contributed by atoms with Crippen LogP contribution in [0.5, 0.6) is 0 Å². The van der Waals surface area contributed by atoms with Crippen LogP contribution < -0.4 is 0 Å². The SMILES string of the molecule is CCCCCc1ccc2c(c1)c1ccc(Br)cc1n2-c1ccc(-c2ccc(-n3c4ccc(CCCCC)cc4c4ccc(Br)cc43)cc2)cc1. The molecule has 8 rings (SSSR count). The van der Waals surface area contributed by atoms with Crippen LogP contribution in [-0.2, 0) is 12.8 Å². The molecule has 2 nitrogen and oxygen atoms in total. The van der Waals surface area contributed by atoms with Crippen LogP contribution in [0.3, 0.4) is 0 Å². The Hall–Kier alpha value is -4.12. The molecule has 0 aliphatic heterocycles. The molecule has 0 fully saturated rings. The summed E-state index contributed by atoms with van der Waals surface area (Å²) in [5.41, 5.74) is 12.6. The Bertz CT molecular complexity index is 2290. The summed E-state index contributed by atoms with van der Waals surface area (Å²) in [6.45, 7) is 4.54. The molecule has 6 aromatic carbocycles. The molecule has 8 aromatic rings. The molecule has 50 heavy (non-hydrogen) atoms. The highest BCUT2D eigenvalue weighted by molar-refractivity contribution is 9.10. The average Bonchev–Trinajstić information content (AvgIpc) is 3.63. The van der Waals surface area contributed by atoms with E-state index < -0.39 is 0 Å². The summed E-state index contributed by atoms with van der Waals surface area (Å²) in [7, 11) is 0. The van der Waals surface area contributed by atoms with Gasteiger partial charge in [0.2, 0.25) is 0 Å². The third kappa shape index (κ3) is 6.22. The molecule has 0 aliphatic rings. The van der Waals surface area contributed by atoms with E-state index in [0.717, 1.165) is 21.8 Å². The van der Waals surface area contributed by atoms with Gasteiger partial charge in [0.1, 0.15) is 0 Å². The number of nitrogens with zero attached hydrogens (tertiary/aromatic N) is 2. The summed E-state index contributed by atoms with van der Waals surface area (Å²) >= 11 is 7.48. The predicted molar refractivity (Wildman–Crippen MR) is 222 cm³/mol. The van der Waals surface area contributed by atoms with Crippen molar-refractivity contribution in [1.82, 2.24) is 9.13 Å². The van der Waals surface area contributed by atoms with Gasteiger partial charge in [-0.15, -0.1) is 0 Å². The largest absolute Gasteiger partial charge is 0.309 e. The van der Waals surface area contributed by atoms with Gasteiger partial charge in [-0.25, -0.2) is 0 Å². The first-order valence-electron chi connectivity index (χ1n) is 18.2. The van der Waals surface area contributed by atoms with Crippen LogP contribution in [0, 0.1) is 0 Å². The third-order valence-electron chi connectivity index (χ3n) is 10.3. The lowest BCUT2D eigenvalue weighted by molar-refractivity contribution is 0.718. The molecule has 0 aliphatic carbocycles. The van der Waals surface area contributed by atoms with Crippen molar-refractivity contribution < 1.29 is 0 Å². The van der Waals surface area contributed by atoms with E-state index in [1.165, 1.54) is 116 Å². The highest BCUT2D eigenvalue weighted by Gasteiger charge is 2.16. The van der Waals surface area contributed by atoms with Gasteiger partial charge >= 0.3 is 0 Å². The molecular weight excluding hydrogens is 740 g/mol. The van der Waals surface area contributed by atoms with Crippen molar-refractivity contribution >= 4 is 75.5 Å². The molecule has 0 saturated heterocycles. The zero-order valence-electron chi connectivity index (χ0n) is 28.9. The molecule has 0 N–H and O–H groups in total. The quantitative estimate of drug-likeness (QED) is 0.116. The van der Waals surface area contributed by atoms with E-state index in [1.807, 2.05) is 0 Å². The van der Waals surface area contributed by atoms with Gasteiger partial charge in [-0.1, -0.05) is 120 Å². The van der Waals surface area contributed by atoms with Crippen molar-refractivity contribution in [3.63, 3.8) is 0 Å². The first kappa shape index (κ1) is 33.0. The van der Waals surface area contributed by atoms with E-state index in [2.05, 4.69) is 176 Å². The number of aryl methyl sites for hydroxylation is 2. The maximum atomic E-state index is 3.74. The zero-order valence-corrected chi connectivity index (χ0v) is 32.0. The number of rotatable bonds is 11. The summed E-state index contributed by atoms with van der Waals surface area (Å²) in [6, 6.07) is 45.5. The fraction of sp³-hybridized carbons (Fsp3) is 0.217. The smallest absolute Gasteiger partial charge is 0.0552 e. The Morgan fingerprint density at radius 1 is 0.400 bits per heavy atom. The third-order valence-corrected chi connectivity index (χ3v) is 11.3. The van der Waals surface area contributed by atoms with Crippen molar-refractivity contribution in [2.24, 2.45) is 0 Å². The van der Waals surface area contributed by atoms with Gasteiger partial charge < -0.3 is 9.13 Å². The fourth-order valence-corrected chi connectivity index (χ4v) is 8.41. The molecule has 0 amide bonds. The molecule has 0 atom stereocenters. The first-order valence-corrected chi connectivity index (χ1v) is 19.8. The summed E-state index contributed by atoms with van der Waals surface area (Å²) in [5, 5.41) is 5.24. The number of hydrogen-bond acceptors (Lipinski definition) is 0. The number of hydrogen-bond donors (Lipinski definition) is 0. The molecule has 250 valence electrons. The van der Waals surface area contributed by atoms with Crippen LogP contribution in [0.1, 0.15) is 63.5 Å². The standard InChI is InChI=1S/C46H42Br2N2/c1-3-5-7-9-31-11-25-43-41(27-31)39-23-17-35(47)29-45(39)49(43)37-19-13-33(14-20-37)34-15-21-38(22-16-34)50-44-26-12-32(10-8-6-4-2)28-42(44)40-24-18-36(48)30-46(40)50/h11-30H,3-10H2,1-2H3. The summed E-state index contributed by atoms with van der Waals surface area (Å²) in [4.78, 5) is 0. The van der Waals surface area contributed by atoms with E-state index in [1.54, 1.807) is 0 Å². The molecule has 0 unspecified atom stereocenters. The van der Waals surface area contributed by atoms with Gasteiger partial charge in [0, 0.05) is 41.9 Å². The van der Waals surface area contributed by atoms with Crippen LogP contribution in [-0.4, -0.2) is 9.13 Å². The summed E-state index contributed by atoms with van der Waals surface area (Å²) < 4.78 is 7.01. The van der Waals surface area contributed by atoms with Crippen molar-refractivity contribution in [3.05, 3.63) is 141 Å². The molecule has 2 aromatic heterocycles. The maximum absolute atomic E-state index is 3.74. The maximum Gasteiger partial charge on any atom is 0.0552 e. The first-order chi connectivity index (χ1) is 24.5. The molecule has 0 bridgehead atoms. The lowest BCUT2D eigenvalue weighted by Gasteiger charge is -2.12. The monoisotopic (exact) mass is 780 g/mol. The molecular formula is C46H42Br2N2. The number of benzene rings is 6. The van der Waals surface area contributed by atoms with Gasteiger partial charge in [0.25, 0.3) is 0 Å². The minimum Gasteiger partial charge on any atom is -0.309 e. The molecule has 2 heterocycles. The second kappa shape index (κ2) is 14.2. The number of halogens is 2. The summed E-state index contributed by atoms with van der Waals surface area (Å²) in [6.07, 6.45) is 9.80. The minimum absolute atomic E-state index is 1.09. The van der Waals surface area contributed by atoms with E-state index in [4.69, 9.17) is 0 Å². The number of fused-ring (bicyclic) bond motifs is 6. The number of aromatic nitrogens is 2. The van der Waals surface area contributed by atoms with Crippen LogP contribution in [0.4, 0.5) is 0 Å². The number of unbranched alkanes of at least 4 members (excludes halogenated alkanes) is 4. The lowest BCUT2D eigenvalue weighted by Crippen LogP contribution is -1.95. The predicted octanol–water partition coefficient (Wildman–Crippen LogP) is 14.5. The van der Waals surface area contributed by atoms with Crippen LogP contribution in [0.2, 0.25) is 0 Å². The van der Waals surface area contributed by atoms with E-state index in [9.17, 15) is 0 Å². The Kier molecular flexibility index (Phi) is 9.42.